The number of carbonyl (C=O) groups is 3. The van der Waals surface area contributed by atoms with Crippen molar-refractivity contribution in [3.8, 4) is 11.1 Å². The second kappa shape index (κ2) is 4.03. The maximum Gasteiger partial charge on any atom is 0.336 e. The fourth-order valence-corrected chi connectivity index (χ4v) is 2.53. The summed E-state index contributed by atoms with van der Waals surface area (Å²) in [4.78, 5) is 34.8. The van der Waals surface area contributed by atoms with Crippen LogP contribution in [0.3, 0.4) is 0 Å². The Labute approximate surface area is 113 Å². The van der Waals surface area contributed by atoms with E-state index in [1.165, 1.54) is 30.3 Å². The topological polar surface area (TPSA) is 91.7 Å². The summed E-state index contributed by atoms with van der Waals surface area (Å²) in [5.74, 6) is -2.81. The molecule has 2 aromatic carbocycles. The highest BCUT2D eigenvalue weighted by Crippen LogP contribution is 2.40. The minimum absolute atomic E-state index is 0.00265. The van der Waals surface area contributed by atoms with Gasteiger partial charge in [-0.15, -0.1) is 0 Å². The maximum absolute atomic E-state index is 12.3. The first-order chi connectivity index (χ1) is 9.52. The van der Waals surface area contributed by atoms with Crippen molar-refractivity contribution in [2.45, 2.75) is 0 Å². The third-order valence-electron chi connectivity index (χ3n) is 3.33. The van der Waals surface area contributed by atoms with Crippen molar-refractivity contribution < 1.29 is 24.6 Å². The van der Waals surface area contributed by atoms with Crippen molar-refractivity contribution in [1.29, 1.82) is 0 Å². The second-order valence-corrected chi connectivity index (χ2v) is 4.40. The first kappa shape index (κ1) is 12.1. The molecule has 3 rings (SSSR count). The molecule has 0 aromatic heterocycles. The number of ketones is 1. The molecule has 0 aliphatic heterocycles. The summed E-state index contributed by atoms with van der Waals surface area (Å²) in [6.45, 7) is 0. The fourth-order valence-electron chi connectivity index (χ4n) is 2.53. The highest BCUT2D eigenvalue weighted by atomic mass is 16.4. The van der Waals surface area contributed by atoms with Crippen molar-refractivity contribution in [2.75, 3.05) is 0 Å². The SMILES string of the molecule is O=C(O)c1cccc2c1C(=O)c1cccc(C(=O)O)c1-2. The van der Waals surface area contributed by atoms with E-state index in [4.69, 9.17) is 5.11 Å². The smallest absolute Gasteiger partial charge is 0.336 e. The number of fused-ring (bicyclic) bond motifs is 3. The molecule has 0 spiro atoms. The van der Waals surface area contributed by atoms with E-state index in [0.717, 1.165) is 0 Å². The molecule has 0 unspecified atom stereocenters. The molecule has 0 amide bonds. The lowest BCUT2D eigenvalue weighted by atomic mass is 9.98. The highest BCUT2D eigenvalue weighted by molar-refractivity contribution is 6.27. The molecule has 98 valence electrons. The Balaban J connectivity index is 2.41. The van der Waals surface area contributed by atoms with Crippen molar-refractivity contribution >= 4 is 17.7 Å². The molecule has 0 saturated carbocycles. The maximum atomic E-state index is 12.3. The normalized spacial score (nSPS) is 11.9. The van der Waals surface area contributed by atoms with Gasteiger partial charge in [0.25, 0.3) is 0 Å². The van der Waals surface area contributed by atoms with Crippen LogP contribution in [0.5, 0.6) is 0 Å². The Kier molecular flexibility index (Phi) is 2.44. The molecule has 1 aliphatic carbocycles. The molecule has 20 heavy (non-hydrogen) atoms. The van der Waals surface area contributed by atoms with Crippen LogP contribution in [-0.2, 0) is 0 Å². The zero-order chi connectivity index (χ0) is 14.4. The van der Waals surface area contributed by atoms with Crippen molar-refractivity contribution in [1.82, 2.24) is 0 Å². The molecule has 5 nitrogen and oxygen atoms in total. The van der Waals surface area contributed by atoms with Gasteiger partial charge in [-0.2, -0.15) is 0 Å². The largest absolute Gasteiger partial charge is 0.478 e. The first-order valence-electron chi connectivity index (χ1n) is 5.80. The Bertz CT molecular complexity index is 789. The summed E-state index contributed by atoms with van der Waals surface area (Å²) < 4.78 is 0. The highest BCUT2D eigenvalue weighted by Gasteiger charge is 2.33. The van der Waals surface area contributed by atoms with E-state index in [1.54, 1.807) is 6.07 Å². The number of hydrogen-bond acceptors (Lipinski definition) is 3. The van der Waals surface area contributed by atoms with Gasteiger partial charge in [-0.1, -0.05) is 24.3 Å². The van der Waals surface area contributed by atoms with Gasteiger partial charge < -0.3 is 10.2 Å². The van der Waals surface area contributed by atoms with Crippen LogP contribution in [0.2, 0.25) is 0 Å². The van der Waals surface area contributed by atoms with E-state index in [9.17, 15) is 19.5 Å². The van der Waals surface area contributed by atoms with Gasteiger partial charge in [0, 0.05) is 16.7 Å². The fraction of sp³-hybridized carbons (Fsp3) is 0. The van der Waals surface area contributed by atoms with E-state index in [0.29, 0.717) is 11.1 Å². The number of benzene rings is 2. The molecule has 0 radical (unpaired) electrons. The first-order valence-corrected chi connectivity index (χ1v) is 5.80. The van der Waals surface area contributed by atoms with Crippen LogP contribution in [0.4, 0.5) is 0 Å². The van der Waals surface area contributed by atoms with Crippen molar-refractivity contribution in [3.63, 3.8) is 0 Å². The van der Waals surface area contributed by atoms with Gasteiger partial charge >= 0.3 is 11.9 Å². The van der Waals surface area contributed by atoms with Crippen LogP contribution in [0.1, 0.15) is 36.6 Å². The van der Waals surface area contributed by atoms with Gasteiger partial charge in [0.15, 0.2) is 5.78 Å². The predicted molar refractivity (Wildman–Crippen MR) is 69.2 cm³/mol. The molecule has 0 heterocycles. The summed E-state index contributed by atoms with van der Waals surface area (Å²) in [6, 6.07) is 8.80. The quantitative estimate of drug-likeness (QED) is 0.744. The van der Waals surface area contributed by atoms with E-state index < -0.39 is 17.7 Å². The van der Waals surface area contributed by atoms with E-state index in [1.807, 2.05) is 0 Å². The van der Waals surface area contributed by atoms with Crippen LogP contribution in [0, 0.1) is 0 Å². The minimum atomic E-state index is -1.21. The molecular weight excluding hydrogens is 260 g/mol. The molecule has 2 N–H and O–H groups in total. The molecule has 2 aromatic rings. The molecular formula is C15H8O5. The molecule has 5 heteroatoms. The number of carbonyl (C=O) groups excluding carboxylic acids is 1. The van der Waals surface area contributed by atoms with Crippen LogP contribution >= 0.6 is 0 Å². The molecule has 0 saturated heterocycles. The standard InChI is InChI=1S/C15H8O5/c16-13-8-4-2-5-9(14(17)18)11(8)7-3-1-6-10(12(7)13)15(19)20/h1-6H,(H,17,18)(H,19,20). The number of carboxylic acid groups (broad SMARTS) is 2. The Morgan fingerprint density at radius 2 is 1.25 bits per heavy atom. The van der Waals surface area contributed by atoms with E-state index in [2.05, 4.69) is 0 Å². The average Bonchev–Trinajstić information content (AvgIpc) is 2.72. The van der Waals surface area contributed by atoms with Gasteiger partial charge in [-0.25, -0.2) is 9.59 Å². The predicted octanol–water partition coefficient (Wildman–Crippen LogP) is 2.29. The van der Waals surface area contributed by atoms with Crippen LogP contribution < -0.4 is 0 Å². The van der Waals surface area contributed by atoms with E-state index in [-0.39, 0.29) is 22.3 Å². The molecule has 0 bridgehead atoms. The molecule has 0 fully saturated rings. The van der Waals surface area contributed by atoms with Gasteiger partial charge in [0.2, 0.25) is 0 Å². The third kappa shape index (κ3) is 1.46. The van der Waals surface area contributed by atoms with Crippen LogP contribution in [0.15, 0.2) is 36.4 Å². The zero-order valence-corrected chi connectivity index (χ0v) is 10.1. The lowest BCUT2D eigenvalue weighted by molar-refractivity contribution is 0.0685. The summed E-state index contributed by atoms with van der Waals surface area (Å²) in [7, 11) is 0. The number of aromatic carboxylic acids is 2. The minimum Gasteiger partial charge on any atom is -0.478 e. The van der Waals surface area contributed by atoms with Gasteiger partial charge in [-0.3, -0.25) is 4.79 Å². The monoisotopic (exact) mass is 268 g/mol. The van der Waals surface area contributed by atoms with Crippen molar-refractivity contribution in [2.24, 2.45) is 0 Å². The summed E-state index contributed by atoms with van der Waals surface area (Å²) in [5, 5.41) is 18.4. The van der Waals surface area contributed by atoms with Gasteiger partial charge in [0.05, 0.1) is 11.1 Å². The van der Waals surface area contributed by atoms with Crippen LogP contribution in [-0.4, -0.2) is 27.9 Å². The lowest BCUT2D eigenvalue weighted by Crippen LogP contribution is -2.06. The van der Waals surface area contributed by atoms with E-state index >= 15 is 0 Å². The van der Waals surface area contributed by atoms with Gasteiger partial charge in [-0.05, 0) is 17.7 Å². The third-order valence-corrected chi connectivity index (χ3v) is 3.33. The summed E-state index contributed by atoms with van der Waals surface area (Å²) in [5.41, 5.74) is 0.834. The zero-order valence-electron chi connectivity index (χ0n) is 10.1. The molecule has 1 aliphatic rings. The number of rotatable bonds is 2. The Morgan fingerprint density at radius 3 is 1.80 bits per heavy atom. The summed E-state index contributed by atoms with van der Waals surface area (Å²) in [6.07, 6.45) is 0. The molecule has 0 atom stereocenters. The lowest BCUT2D eigenvalue weighted by Gasteiger charge is -2.05. The number of carboxylic acids is 2. The van der Waals surface area contributed by atoms with Crippen LogP contribution in [0.25, 0.3) is 11.1 Å². The van der Waals surface area contributed by atoms with Gasteiger partial charge in [0.1, 0.15) is 0 Å². The average molecular weight is 268 g/mol. The second-order valence-electron chi connectivity index (χ2n) is 4.40. The summed E-state index contributed by atoms with van der Waals surface area (Å²) >= 11 is 0. The Morgan fingerprint density at radius 1 is 0.750 bits per heavy atom. The number of hydrogen-bond donors (Lipinski definition) is 2. The Hall–Kier alpha value is -2.95. The van der Waals surface area contributed by atoms with Crippen molar-refractivity contribution in [3.05, 3.63) is 58.7 Å².